The number of nitrogens with zero attached hydrogens (tertiary/aromatic N) is 3. The number of hydrogen-bond acceptors (Lipinski definition) is 4. The number of alkyl halides is 3. The van der Waals surface area contributed by atoms with Gasteiger partial charge in [-0.1, -0.05) is 0 Å². The Kier molecular flexibility index (Phi) is 4.24. The van der Waals surface area contributed by atoms with Gasteiger partial charge in [-0.25, -0.2) is 9.97 Å². The summed E-state index contributed by atoms with van der Waals surface area (Å²) in [5.41, 5.74) is -0.915. The van der Waals surface area contributed by atoms with Crippen LogP contribution in [0.15, 0.2) is 12.3 Å². The predicted molar refractivity (Wildman–Crippen MR) is 63.7 cm³/mol. The Balaban J connectivity index is 2.13. The number of aliphatic hydroxyl groups is 1. The molecule has 0 unspecified atom stereocenters. The molecule has 1 N–H and O–H groups in total. The molecule has 1 saturated heterocycles. The van der Waals surface area contributed by atoms with Gasteiger partial charge >= 0.3 is 6.18 Å². The molecule has 1 fully saturated rings. The maximum absolute atomic E-state index is 12.6. The van der Waals surface area contributed by atoms with Crippen LogP contribution in [0.2, 0.25) is 0 Å². The molecule has 0 saturated carbocycles. The van der Waals surface area contributed by atoms with E-state index in [1.165, 1.54) is 0 Å². The molecule has 2 rings (SSSR count). The standard InChI is InChI=1S/C12H16F3N3O/c13-12(14,15)10-3-5-16-11(17-10)18-6-1-2-9(8-18)4-7-19/h3,5,9,19H,1-2,4,6-8H2/t9-/m1/s1. The van der Waals surface area contributed by atoms with Crippen LogP contribution in [0.25, 0.3) is 0 Å². The van der Waals surface area contributed by atoms with Gasteiger partial charge < -0.3 is 10.0 Å². The molecule has 1 aliphatic rings. The Labute approximate surface area is 109 Å². The van der Waals surface area contributed by atoms with Gasteiger partial charge in [0.15, 0.2) is 0 Å². The summed E-state index contributed by atoms with van der Waals surface area (Å²) in [4.78, 5) is 9.28. The largest absolute Gasteiger partial charge is 0.433 e. The molecule has 106 valence electrons. The van der Waals surface area contributed by atoms with Crippen LogP contribution in [0.1, 0.15) is 25.0 Å². The Bertz CT molecular complexity index is 423. The van der Waals surface area contributed by atoms with Gasteiger partial charge in [-0.3, -0.25) is 0 Å². The summed E-state index contributed by atoms with van der Waals surface area (Å²) in [5, 5.41) is 8.93. The lowest BCUT2D eigenvalue weighted by molar-refractivity contribution is -0.141. The first-order valence-corrected chi connectivity index (χ1v) is 6.27. The molecule has 0 aliphatic carbocycles. The second kappa shape index (κ2) is 5.73. The highest BCUT2D eigenvalue weighted by Gasteiger charge is 2.33. The van der Waals surface area contributed by atoms with E-state index < -0.39 is 11.9 Å². The minimum atomic E-state index is -4.45. The molecule has 19 heavy (non-hydrogen) atoms. The number of rotatable bonds is 3. The Morgan fingerprint density at radius 1 is 1.42 bits per heavy atom. The third-order valence-corrected chi connectivity index (χ3v) is 3.27. The molecule has 1 aliphatic heterocycles. The summed E-state index contributed by atoms with van der Waals surface area (Å²) in [6.07, 6.45) is -0.783. The van der Waals surface area contributed by atoms with Crippen LogP contribution in [0.5, 0.6) is 0 Å². The van der Waals surface area contributed by atoms with Crippen LogP contribution in [0.4, 0.5) is 19.1 Å². The molecule has 4 nitrogen and oxygen atoms in total. The molecule has 0 aromatic carbocycles. The van der Waals surface area contributed by atoms with Gasteiger partial charge in [-0.2, -0.15) is 13.2 Å². The van der Waals surface area contributed by atoms with Crippen molar-refractivity contribution in [3.05, 3.63) is 18.0 Å². The second-order valence-corrected chi connectivity index (χ2v) is 4.71. The van der Waals surface area contributed by atoms with E-state index in [1.807, 2.05) is 0 Å². The van der Waals surface area contributed by atoms with Gasteiger partial charge in [-0.05, 0) is 31.2 Å². The van der Waals surface area contributed by atoms with Crippen molar-refractivity contribution < 1.29 is 18.3 Å². The summed E-state index contributed by atoms with van der Waals surface area (Å²) >= 11 is 0. The van der Waals surface area contributed by atoms with Gasteiger partial charge in [0.25, 0.3) is 0 Å². The first-order chi connectivity index (χ1) is 9.00. The number of hydrogen-bond donors (Lipinski definition) is 1. The molecule has 1 aromatic rings. The average Bonchev–Trinajstić information content (AvgIpc) is 2.39. The van der Waals surface area contributed by atoms with Crippen LogP contribution >= 0.6 is 0 Å². The zero-order valence-corrected chi connectivity index (χ0v) is 10.4. The Morgan fingerprint density at radius 3 is 2.89 bits per heavy atom. The summed E-state index contributed by atoms with van der Waals surface area (Å²) in [5.74, 6) is 0.411. The lowest BCUT2D eigenvalue weighted by Crippen LogP contribution is -2.37. The summed E-state index contributed by atoms with van der Waals surface area (Å²) < 4.78 is 37.8. The molecule has 0 amide bonds. The first-order valence-electron chi connectivity index (χ1n) is 6.27. The molecule has 1 atom stereocenters. The van der Waals surface area contributed by atoms with Gasteiger partial charge in [0.1, 0.15) is 5.69 Å². The fraction of sp³-hybridized carbons (Fsp3) is 0.667. The quantitative estimate of drug-likeness (QED) is 0.917. The second-order valence-electron chi connectivity index (χ2n) is 4.71. The molecule has 0 bridgehead atoms. The maximum Gasteiger partial charge on any atom is 0.433 e. The minimum Gasteiger partial charge on any atom is -0.396 e. The van der Waals surface area contributed by atoms with Crippen molar-refractivity contribution in [3.63, 3.8) is 0 Å². The number of halogens is 3. The zero-order chi connectivity index (χ0) is 13.9. The van der Waals surface area contributed by atoms with E-state index in [-0.39, 0.29) is 18.5 Å². The van der Waals surface area contributed by atoms with Gasteiger partial charge in [-0.15, -0.1) is 0 Å². The Hall–Kier alpha value is -1.37. The van der Waals surface area contributed by atoms with E-state index >= 15 is 0 Å². The number of piperidine rings is 1. The predicted octanol–water partition coefficient (Wildman–Crippen LogP) is 2.09. The van der Waals surface area contributed by atoms with Crippen LogP contribution in [0.3, 0.4) is 0 Å². The topological polar surface area (TPSA) is 49.2 Å². The summed E-state index contributed by atoms with van der Waals surface area (Å²) in [6, 6.07) is 0.874. The van der Waals surface area contributed by atoms with Crippen molar-refractivity contribution in [1.29, 1.82) is 0 Å². The van der Waals surface area contributed by atoms with Crippen LogP contribution in [-0.2, 0) is 6.18 Å². The normalized spacial score (nSPS) is 20.6. The van der Waals surface area contributed by atoms with Crippen LogP contribution in [-0.4, -0.2) is 34.8 Å². The molecule has 0 spiro atoms. The molecule has 0 radical (unpaired) electrons. The third-order valence-electron chi connectivity index (χ3n) is 3.27. The molecule has 7 heteroatoms. The summed E-state index contributed by atoms with van der Waals surface area (Å²) in [7, 11) is 0. The maximum atomic E-state index is 12.6. The average molecular weight is 275 g/mol. The molecular formula is C12H16F3N3O. The van der Waals surface area contributed by atoms with E-state index in [0.29, 0.717) is 19.5 Å². The molecule has 2 heterocycles. The lowest BCUT2D eigenvalue weighted by Gasteiger charge is -2.32. The van der Waals surface area contributed by atoms with E-state index in [9.17, 15) is 13.2 Å². The number of aliphatic hydroxyl groups excluding tert-OH is 1. The zero-order valence-electron chi connectivity index (χ0n) is 10.4. The van der Waals surface area contributed by atoms with Crippen molar-refractivity contribution in [2.75, 3.05) is 24.6 Å². The highest BCUT2D eigenvalue weighted by molar-refractivity contribution is 5.31. The van der Waals surface area contributed by atoms with E-state index in [4.69, 9.17) is 5.11 Å². The monoisotopic (exact) mass is 275 g/mol. The number of aromatic nitrogens is 2. The number of anilines is 1. The highest BCUT2D eigenvalue weighted by atomic mass is 19.4. The van der Waals surface area contributed by atoms with Crippen molar-refractivity contribution in [3.8, 4) is 0 Å². The van der Waals surface area contributed by atoms with Gasteiger partial charge in [0.2, 0.25) is 5.95 Å². The summed E-state index contributed by atoms with van der Waals surface area (Å²) in [6.45, 7) is 1.35. The highest BCUT2D eigenvalue weighted by Crippen LogP contribution is 2.29. The van der Waals surface area contributed by atoms with E-state index in [1.54, 1.807) is 4.90 Å². The lowest BCUT2D eigenvalue weighted by atomic mass is 9.95. The SMILES string of the molecule is OCC[C@H]1CCCN(c2nccc(C(F)(F)F)n2)C1. The van der Waals surface area contributed by atoms with Gasteiger partial charge in [0, 0.05) is 25.9 Å². The van der Waals surface area contributed by atoms with Gasteiger partial charge in [0.05, 0.1) is 0 Å². The van der Waals surface area contributed by atoms with E-state index in [2.05, 4.69) is 9.97 Å². The van der Waals surface area contributed by atoms with Crippen molar-refractivity contribution >= 4 is 5.95 Å². The first kappa shape index (κ1) is 14.0. The molecular weight excluding hydrogens is 259 g/mol. The van der Waals surface area contributed by atoms with Crippen LogP contribution < -0.4 is 4.90 Å². The van der Waals surface area contributed by atoms with Crippen molar-refractivity contribution in [2.45, 2.75) is 25.4 Å². The minimum absolute atomic E-state index is 0.0992. The van der Waals surface area contributed by atoms with Crippen molar-refractivity contribution in [2.24, 2.45) is 5.92 Å². The Morgan fingerprint density at radius 2 is 2.21 bits per heavy atom. The molecule has 1 aromatic heterocycles. The van der Waals surface area contributed by atoms with Crippen molar-refractivity contribution in [1.82, 2.24) is 9.97 Å². The van der Waals surface area contributed by atoms with Crippen LogP contribution in [0, 0.1) is 5.92 Å². The fourth-order valence-corrected chi connectivity index (χ4v) is 2.32. The fourth-order valence-electron chi connectivity index (χ4n) is 2.32. The smallest absolute Gasteiger partial charge is 0.396 e. The van der Waals surface area contributed by atoms with E-state index in [0.717, 1.165) is 25.1 Å². The third kappa shape index (κ3) is 3.56.